The number of amides is 1. The molecule has 1 aliphatic carbocycles. The highest BCUT2D eigenvalue weighted by atomic mass is 32.2. The predicted molar refractivity (Wildman–Crippen MR) is 86.3 cm³/mol. The van der Waals surface area contributed by atoms with Crippen molar-refractivity contribution in [3.05, 3.63) is 27.1 Å². The van der Waals surface area contributed by atoms with E-state index in [0.717, 1.165) is 17.8 Å². The van der Waals surface area contributed by atoms with Crippen LogP contribution in [-0.2, 0) is 34.0 Å². The summed E-state index contributed by atoms with van der Waals surface area (Å²) >= 11 is 1.71. The van der Waals surface area contributed by atoms with E-state index >= 15 is 0 Å². The number of aryl methyl sites for hydroxylation is 2. The minimum absolute atomic E-state index is 0.0279. The van der Waals surface area contributed by atoms with Gasteiger partial charge in [-0.05, 0) is 25.7 Å². The van der Waals surface area contributed by atoms with E-state index in [1.807, 2.05) is 0 Å². The second-order valence-electron chi connectivity index (χ2n) is 6.06. The summed E-state index contributed by atoms with van der Waals surface area (Å²) in [5.74, 6) is -0.164. The van der Waals surface area contributed by atoms with Crippen LogP contribution >= 0.6 is 11.3 Å². The molecular formula is C15H20N2O3S2. The minimum Gasteiger partial charge on any atom is -0.339 e. The summed E-state index contributed by atoms with van der Waals surface area (Å²) in [6.07, 6.45) is 6.46. The molecule has 0 saturated heterocycles. The van der Waals surface area contributed by atoms with Gasteiger partial charge in [0.2, 0.25) is 5.91 Å². The molecule has 0 N–H and O–H groups in total. The monoisotopic (exact) mass is 340 g/mol. The molecular weight excluding hydrogens is 320 g/mol. The maximum atomic E-state index is 12.2. The van der Waals surface area contributed by atoms with Crippen LogP contribution in [0.2, 0.25) is 0 Å². The number of sulfone groups is 1. The molecule has 1 aromatic rings. The number of aromatic nitrogens is 1. The standard InChI is InChI=1S/C15H20N2O3S2/c1-17(15(18)8-11-6-7-22(19,20)10-11)9-14-16-12-4-2-3-5-13(12)21-14/h6-7,11H,2-5,8-10H2,1H3/t11-/m1/s1. The average Bonchev–Trinajstić information content (AvgIpc) is 3.00. The van der Waals surface area contributed by atoms with Crippen molar-refractivity contribution in [2.75, 3.05) is 12.8 Å². The third kappa shape index (κ3) is 3.57. The van der Waals surface area contributed by atoms with Crippen LogP contribution in [-0.4, -0.2) is 37.0 Å². The third-order valence-corrected chi connectivity index (χ3v) is 6.74. The van der Waals surface area contributed by atoms with Gasteiger partial charge in [0, 0.05) is 29.7 Å². The summed E-state index contributed by atoms with van der Waals surface area (Å²) in [5.41, 5.74) is 1.21. The van der Waals surface area contributed by atoms with Crippen LogP contribution in [0.1, 0.15) is 34.8 Å². The van der Waals surface area contributed by atoms with Crippen LogP contribution in [0, 0.1) is 5.92 Å². The van der Waals surface area contributed by atoms with E-state index in [-0.39, 0.29) is 24.0 Å². The van der Waals surface area contributed by atoms with Gasteiger partial charge in [-0.3, -0.25) is 4.79 Å². The van der Waals surface area contributed by atoms with Gasteiger partial charge in [-0.2, -0.15) is 0 Å². The maximum absolute atomic E-state index is 12.2. The van der Waals surface area contributed by atoms with Crippen molar-refractivity contribution in [2.45, 2.75) is 38.6 Å². The molecule has 0 fully saturated rings. The van der Waals surface area contributed by atoms with Crippen molar-refractivity contribution in [1.82, 2.24) is 9.88 Å². The van der Waals surface area contributed by atoms with Crippen molar-refractivity contribution in [3.8, 4) is 0 Å². The lowest BCUT2D eigenvalue weighted by atomic mass is 10.0. The van der Waals surface area contributed by atoms with Crippen molar-refractivity contribution in [3.63, 3.8) is 0 Å². The molecule has 5 nitrogen and oxygen atoms in total. The van der Waals surface area contributed by atoms with E-state index in [1.165, 1.54) is 28.8 Å². The zero-order chi connectivity index (χ0) is 15.7. The van der Waals surface area contributed by atoms with E-state index in [9.17, 15) is 13.2 Å². The van der Waals surface area contributed by atoms with Gasteiger partial charge in [-0.1, -0.05) is 6.08 Å². The molecule has 1 atom stereocenters. The maximum Gasteiger partial charge on any atom is 0.223 e. The van der Waals surface area contributed by atoms with E-state index < -0.39 is 9.84 Å². The molecule has 7 heteroatoms. The number of thiazole rings is 1. The molecule has 3 rings (SSSR count). The molecule has 22 heavy (non-hydrogen) atoms. The third-order valence-electron chi connectivity index (χ3n) is 4.13. The Kier molecular flexibility index (Phi) is 4.36. The molecule has 2 aliphatic rings. The fraction of sp³-hybridized carbons (Fsp3) is 0.600. The summed E-state index contributed by atoms with van der Waals surface area (Å²) in [4.78, 5) is 19.9. The highest BCUT2D eigenvalue weighted by Gasteiger charge is 2.25. The molecule has 0 bridgehead atoms. The van der Waals surface area contributed by atoms with E-state index in [1.54, 1.807) is 29.4 Å². The first kappa shape index (κ1) is 15.7. The highest BCUT2D eigenvalue weighted by Crippen LogP contribution is 2.27. The van der Waals surface area contributed by atoms with Crippen LogP contribution in [0.15, 0.2) is 11.5 Å². The van der Waals surface area contributed by atoms with Gasteiger partial charge in [0.05, 0.1) is 18.0 Å². The normalized spacial score (nSPS) is 22.5. The van der Waals surface area contributed by atoms with Gasteiger partial charge in [-0.25, -0.2) is 13.4 Å². The van der Waals surface area contributed by atoms with Crippen LogP contribution < -0.4 is 0 Å². The van der Waals surface area contributed by atoms with Crippen molar-refractivity contribution in [1.29, 1.82) is 0 Å². The average molecular weight is 340 g/mol. The Balaban J connectivity index is 1.57. The van der Waals surface area contributed by atoms with Crippen LogP contribution in [0.4, 0.5) is 0 Å². The van der Waals surface area contributed by atoms with E-state index in [2.05, 4.69) is 4.98 Å². The summed E-state index contributed by atoms with van der Waals surface area (Å²) in [6, 6.07) is 0. The van der Waals surface area contributed by atoms with Crippen LogP contribution in [0.3, 0.4) is 0 Å². The molecule has 2 heterocycles. The number of fused-ring (bicyclic) bond motifs is 1. The number of hydrogen-bond acceptors (Lipinski definition) is 5. The smallest absolute Gasteiger partial charge is 0.223 e. The molecule has 0 radical (unpaired) electrons. The van der Waals surface area contributed by atoms with Gasteiger partial charge in [0.15, 0.2) is 9.84 Å². The van der Waals surface area contributed by atoms with Gasteiger partial charge in [-0.15, -0.1) is 11.3 Å². The Morgan fingerprint density at radius 3 is 2.86 bits per heavy atom. The lowest BCUT2D eigenvalue weighted by Crippen LogP contribution is -2.28. The minimum atomic E-state index is -3.09. The summed E-state index contributed by atoms with van der Waals surface area (Å²) in [7, 11) is -1.33. The van der Waals surface area contributed by atoms with Gasteiger partial charge in [0.1, 0.15) is 5.01 Å². The molecule has 1 amide bonds. The second-order valence-corrected chi connectivity index (χ2v) is 9.16. The molecule has 0 spiro atoms. The van der Waals surface area contributed by atoms with E-state index in [4.69, 9.17) is 0 Å². The molecule has 0 unspecified atom stereocenters. The van der Waals surface area contributed by atoms with Gasteiger partial charge < -0.3 is 4.90 Å². The summed E-state index contributed by atoms with van der Waals surface area (Å²) < 4.78 is 22.8. The number of nitrogens with zero attached hydrogens (tertiary/aromatic N) is 2. The van der Waals surface area contributed by atoms with Gasteiger partial charge in [0.25, 0.3) is 0 Å². The number of rotatable bonds is 4. The zero-order valence-corrected chi connectivity index (χ0v) is 14.3. The van der Waals surface area contributed by atoms with Crippen LogP contribution in [0.5, 0.6) is 0 Å². The first-order valence-electron chi connectivity index (χ1n) is 7.55. The van der Waals surface area contributed by atoms with Crippen molar-refractivity contribution in [2.24, 2.45) is 5.92 Å². The molecule has 0 aromatic carbocycles. The Morgan fingerprint density at radius 1 is 1.41 bits per heavy atom. The zero-order valence-electron chi connectivity index (χ0n) is 12.6. The van der Waals surface area contributed by atoms with Crippen molar-refractivity contribution < 1.29 is 13.2 Å². The highest BCUT2D eigenvalue weighted by molar-refractivity contribution is 7.94. The Labute approximate surface area is 135 Å². The summed E-state index contributed by atoms with van der Waals surface area (Å²) in [6.45, 7) is 0.514. The second kappa shape index (κ2) is 6.12. The Bertz CT molecular complexity index is 683. The lowest BCUT2D eigenvalue weighted by molar-refractivity contribution is -0.130. The fourth-order valence-electron chi connectivity index (χ4n) is 2.91. The Hall–Kier alpha value is -1.21. The molecule has 0 saturated carbocycles. The number of hydrogen-bond donors (Lipinski definition) is 0. The summed E-state index contributed by atoms with van der Waals surface area (Å²) in [5, 5.41) is 2.21. The predicted octanol–water partition coefficient (Wildman–Crippen LogP) is 1.93. The number of allylic oxidation sites excluding steroid dienone is 1. The SMILES string of the molecule is CN(Cc1nc2c(s1)CCCC2)C(=O)C[C@H]1C=CS(=O)(=O)C1. The first-order chi connectivity index (χ1) is 10.4. The molecule has 1 aliphatic heterocycles. The van der Waals surface area contributed by atoms with Crippen molar-refractivity contribution >= 4 is 27.1 Å². The molecule has 120 valence electrons. The number of carbonyl (C=O) groups excluding carboxylic acids is 1. The van der Waals surface area contributed by atoms with Crippen LogP contribution in [0.25, 0.3) is 0 Å². The Morgan fingerprint density at radius 2 is 2.18 bits per heavy atom. The number of carbonyl (C=O) groups is 1. The fourth-order valence-corrected chi connectivity index (χ4v) is 5.52. The largest absolute Gasteiger partial charge is 0.339 e. The quantitative estimate of drug-likeness (QED) is 0.840. The topological polar surface area (TPSA) is 67.3 Å². The molecule has 1 aromatic heterocycles. The first-order valence-corrected chi connectivity index (χ1v) is 10.1. The van der Waals surface area contributed by atoms with Gasteiger partial charge >= 0.3 is 0 Å². The lowest BCUT2D eigenvalue weighted by Gasteiger charge is -2.17. The van der Waals surface area contributed by atoms with E-state index in [0.29, 0.717) is 6.54 Å².